The highest BCUT2D eigenvalue weighted by atomic mass is 32.2. The summed E-state index contributed by atoms with van der Waals surface area (Å²) in [6.45, 7) is 4.20. The Morgan fingerprint density at radius 3 is 1.69 bits per heavy atom. The van der Waals surface area contributed by atoms with Gasteiger partial charge in [0.25, 0.3) is 0 Å². The van der Waals surface area contributed by atoms with E-state index in [1.54, 1.807) is 4.31 Å². The minimum absolute atomic E-state index is 0.306. The smallest absolute Gasteiger partial charge is 0.211 e. The molecule has 13 heavy (non-hydrogen) atoms. The predicted molar refractivity (Wildman–Crippen MR) is 54.1 cm³/mol. The summed E-state index contributed by atoms with van der Waals surface area (Å²) in [6, 6.07) is 0.611. The molecule has 0 spiro atoms. The third kappa shape index (κ3) is 2.44. The van der Waals surface area contributed by atoms with Gasteiger partial charge in [-0.05, 0) is 12.8 Å². The second kappa shape index (κ2) is 3.96. The lowest BCUT2D eigenvalue weighted by Crippen LogP contribution is -2.13. The third-order valence-corrected chi connectivity index (χ3v) is 3.87. The zero-order valence-electron chi connectivity index (χ0n) is 8.66. The lowest BCUT2D eigenvalue weighted by molar-refractivity contribution is 0.543. The molecule has 4 heteroatoms. The molecular formula is C9H19NO2S. The predicted octanol–water partition coefficient (Wildman–Crippen LogP) is 1.60. The molecule has 0 aliphatic carbocycles. The van der Waals surface area contributed by atoms with Crippen molar-refractivity contribution >= 4 is 10.0 Å². The Balaban J connectivity index is 2.57. The van der Waals surface area contributed by atoms with Crippen molar-refractivity contribution in [3.8, 4) is 0 Å². The van der Waals surface area contributed by atoms with E-state index in [1.807, 2.05) is 0 Å². The van der Waals surface area contributed by atoms with Gasteiger partial charge in [0.2, 0.25) is 10.0 Å². The topological polar surface area (TPSA) is 37.1 Å². The molecule has 0 amide bonds. The van der Waals surface area contributed by atoms with Gasteiger partial charge in [-0.15, -0.1) is 0 Å². The van der Waals surface area contributed by atoms with E-state index in [0.717, 1.165) is 25.7 Å². The highest BCUT2D eigenvalue weighted by molar-refractivity contribution is 7.88. The van der Waals surface area contributed by atoms with Crippen molar-refractivity contribution in [2.24, 2.45) is 0 Å². The summed E-state index contributed by atoms with van der Waals surface area (Å²) in [5.74, 6) is 0. The Morgan fingerprint density at radius 2 is 1.46 bits per heavy atom. The molecule has 0 aromatic carbocycles. The van der Waals surface area contributed by atoms with Gasteiger partial charge < -0.3 is 0 Å². The van der Waals surface area contributed by atoms with Gasteiger partial charge >= 0.3 is 0 Å². The Kier molecular flexibility index (Phi) is 3.35. The summed E-state index contributed by atoms with van der Waals surface area (Å²) in [7, 11) is -2.94. The molecule has 78 valence electrons. The SMILES string of the molecule is CCC[C@@H]1[C@H](CCC)N1S(C)(=O)=O. The van der Waals surface area contributed by atoms with Crippen LogP contribution in [0.25, 0.3) is 0 Å². The minimum atomic E-state index is -2.94. The molecule has 0 saturated carbocycles. The summed E-state index contributed by atoms with van der Waals surface area (Å²) in [4.78, 5) is 0. The molecule has 1 heterocycles. The first-order valence-electron chi connectivity index (χ1n) is 5.00. The van der Waals surface area contributed by atoms with Gasteiger partial charge in [0.15, 0.2) is 0 Å². The third-order valence-electron chi connectivity index (χ3n) is 2.56. The van der Waals surface area contributed by atoms with Crippen molar-refractivity contribution in [1.82, 2.24) is 4.31 Å². The van der Waals surface area contributed by atoms with E-state index in [-0.39, 0.29) is 0 Å². The van der Waals surface area contributed by atoms with Crippen molar-refractivity contribution < 1.29 is 8.42 Å². The van der Waals surface area contributed by atoms with Crippen LogP contribution < -0.4 is 0 Å². The van der Waals surface area contributed by atoms with E-state index in [0.29, 0.717) is 12.1 Å². The molecule has 1 rings (SSSR count). The van der Waals surface area contributed by atoms with E-state index >= 15 is 0 Å². The number of rotatable bonds is 5. The molecule has 0 aromatic rings. The van der Waals surface area contributed by atoms with Crippen molar-refractivity contribution in [3.05, 3.63) is 0 Å². The fraction of sp³-hybridized carbons (Fsp3) is 1.00. The largest absolute Gasteiger partial charge is 0.212 e. The van der Waals surface area contributed by atoms with Crippen LogP contribution in [-0.4, -0.2) is 31.1 Å². The summed E-state index contributed by atoms with van der Waals surface area (Å²) >= 11 is 0. The maximum Gasteiger partial charge on any atom is 0.211 e. The van der Waals surface area contributed by atoms with E-state index < -0.39 is 10.0 Å². The van der Waals surface area contributed by atoms with Crippen LogP contribution in [0.3, 0.4) is 0 Å². The van der Waals surface area contributed by atoms with Crippen molar-refractivity contribution in [3.63, 3.8) is 0 Å². The Labute approximate surface area is 81.2 Å². The van der Waals surface area contributed by atoms with Gasteiger partial charge in [-0.3, -0.25) is 0 Å². The minimum Gasteiger partial charge on any atom is -0.212 e. The van der Waals surface area contributed by atoms with Crippen molar-refractivity contribution in [1.29, 1.82) is 0 Å². The number of hydrogen-bond donors (Lipinski definition) is 0. The normalized spacial score (nSPS) is 33.3. The first kappa shape index (κ1) is 11.0. The quantitative estimate of drug-likeness (QED) is 0.639. The average molecular weight is 205 g/mol. The molecule has 1 aliphatic heterocycles. The molecular weight excluding hydrogens is 186 g/mol. The molecule has 1 aliphatic rings. The summed E-state index contributed by atoms with van der Waals surface area (Å²) < 4.78 is 24.2. The molecule has 0 aromatic heterocycles. The van der Waals surface area contributed by atoms with Gasteiger partial charge in [-0.25, -0.2) is 8.42 Å². The molecule has 0 bridgehead atoms. The molecule has 0 radical (unpaired) electrons. The van der Waals surface area contributed by atoms with Crippen LogP contribution in [0.2, 0.25) is 0 Å². The second-order valence-electron chi connectivity index (χ2n) is 3.80. The molecule has 1 unspecified atom stereocenters. The maximum absolute atomic E-state index is 11.3. The van der Waals surface area contributed by atoms with Gasteiger partial charge in [-0.2, -0.15) is 4.31 Å². The monoisotopic (exact) mass is 205 g/mol. The van der Waals surface area contributed by atoms with Crippen molar-refractivity contribution in [2.45, 2.75) is 51.6 Å². The summed E-state index contributed by atoms with van der Waals surface area (Å²) in [6.07, 6.45) is 5.47. The first-order chi connectivity index (χ1) is 6.02. The number of hydrogen-bond acceptors (Lipinski definition) is 2. The van der Waals surface area contributed by atoms with Crippen LogP contribution in [0.4, 0.5) is 0 Å². The zero-order chi connectivity index (χ0) is 10.1. The summed E-state index contributed by atoms with van der Waals surface area (Å²) in [5, 5.41) is 0. The van der Waals surface area contributed by atoms with E-state index in [1.165, 1.54) is 6.26 Å². The Hall–Kier alpha value is -0.0900. The van der Waals surface area contributed by atoms with Crippen LogP contribution in [0.5, 0.6) is 0 Å². The molecule has 0 N–H and O–H groups in total. The van der Waals surface area contributed by atoms with Gasteiger partial charge in [0.05, 0.1) is 6.26 Å². The van der Waals surface area contributed by atoms with Gasteiger partial charge in [0.1, 0.15) is 0 Å². The highest BCUT2D eigenvalue weighted by Crippen LogP contribution is 2.37. The lowest BCUT2D eigenvalue weighted by Gasteiger charge is -1.98. The van der Waals surface area contributed by atoms with Crippen LogP contribution in [-0.2, 0) is 10.0 Å². The average Bonchev–Trinajstić information content (AvgIpc) is 2.63. The first-order valence-corrected chi connectivity index (χ1v) is 6.85. The van der Waals surface area contributed by atoms with Crippen molar-refractivity contribution in [2.75, 3.05) is 6.26 Å². The molecule has 3 atom stereocenters. The summed E-state index contributed by atoms with van der Waals surface area (Å²) in [5.41, 5.74) is 0. The molecule has 3 nitrogen and oxygen atoms in total. The highest BCUT2D eigenvalue weighted by Gasteiger charge is 2.51. The Morgan fingerprint density at radius 1 is 1.08 bits per heavy atom. The Bertz CT molecular complexity index is 249. The number of sulfonamides is 1. The fourth-order valence-corrected chi connectivity index (χ4v) is 3.45. The van der Waals surface area contributed by atoms with Gasteiger partial charge in [0, 0.05) is 12.1 Å². The zero-order valence-corrected chi connectivity index (χ0v) is 9.47. The standard InChI is InChI=1S/C9H19NO2S/c1-4-6-8-9(7-5-2)10(8)13(3,11)12/h8-9H,4-7H2,1-3H3/t8-,9+,10?. The second-order valence-corrected chi connectivity index (χ2v) is 5.69. The molecule has 1 fully saturated rings. The maximum atomic E-state index is 11.3. The van der Waals surface area contributed by atoms with Crippen LogP contribution >= 0.6 is 0 Å². The van der Waals surface area contributed by atoms with Crippen LogP contribution in [0.1, 0.15) is 39.5 Å². The van der Waals surface area contributed by atoms with E-state index in [4.69, 9.17) is 0 Å². The van der Waals surface area contributed by atoms with Gasteiger partial charge in [-0.1, -0.05) is 26.7 Å². The van der Waals surface area contributed by atoms with Crippen LogP contribution in [0.15, 0.2) is 0 Å². The van der Waals surface area contributed by atoms with E-state index in [9.17, 15) is 8.42 Å². The lowest BCUT2D eigenvalue weighted by atomic mass is 10.1. The van der Waals surface area contributed by atoms with E-state index in [2.05, 4.69) is 13.8 Å². The molecule has 1 saturated heterocycles. The van der Waals surface area contributed by atoms with Crippen LogP contribution in [0, 0.1) is 0 Å². The number of nitrogens with zero attached hydrogens (tertiary/aromatic N) is 1. The fourth-order valence-electron chi connectivity index (χ4n) is 2.03.